The van der Waals surface area contributed by atoms with Crippen LogP contribution in [-0.4, -0.2) is 49.3 Å². The van der Waals surface area contributed by atoms with Crippen molar-refractivity contribution in [3.63, 3.8) is 0 Å². The Morgan fingerprint density at radius 1 is 1.33 bits per heavy atom. The number of thioether (sulfide) groups is 1. The summed E-state index contributed by atoms with van der Waals surface area (Å²) in [5, 5.41) is 2.68. The van der Waals surface area contributed by atoms with E-state index in [1.54, 1.807) is 24.3 Å². The maximum Gasteiger partial charge on any atom is 0.308 e. The highest BCUT2D eigenvalue weighted by molar-refractivity contribution is 7.99. The number of likely N-dealkylation sites (tertiary alicyclic amines) is 1. The summed E-state index contributed by atoms with van der Waals surface area (Å²) in [5.74, 6) is -3.12. The summed E-state index contributed by atoms with van der Waals surface area (Å²) in [6.07, 6.45) is 1.30. The second kappa shape index (κ2) is 8.98. The predicted octanol–water partition coefficient (Wildman–Crippen LogP) is 2.82. The van der Waals surface area contributed by atoms with Crippen molar-refractivity contribution < 1.29 is 23.1 Å². The van der Waals surface area contributed by atoms with Crippen LogP contribution in [-0.2, 0) is 14.3 Å². The van der Waals surface area contributed by atoms with Crippen LogP contribution < -0.4 is 5.32 Å². The fourth-order valence-electron chi connectivity index (χ4n) is 2.65. The zero-order chi connectivity index (χ0) is 17.5. The van der Waals surface area contributed by atoms with E-state index < -0.39 is 5.76 Å². The van der Waals surface area contributed by atoms with Crippen molar-refractivity contribution in [3.05, 3.63) is 24.3 Å². The number of hydrogen-bond acceptors (Lipinski definition) is 5. The van der Waals surface area contributed by atoms with E-state index in [1.807, 2.05) is 4.90 Å². The molecule has 1 fully saturated rings. The number of benzene rings is 1. The molecule has 1 aliphatic heterocycles. The molecular weight excluding hydrogens is 338 g/mol. The number of carbonyl (C=O) groups is 2. The third-order valence-electron chi connectivity index (χ3n) is 3.87. The number of amides is 1. The molecule has 8 heteroatoms. The van der Waals surface area contributed by atoms with Crippen molar-refractivity contribution in [2.75, 3.05) is 32.1 Å². The number of rotatable bonds is 6. The molecule has 1 heterocycles. The fourth-order valence-corrected chi connectivity index (χ4v) is 3.25. The van der Waals surface area contributed by atoms with E-state index in [9.17, 15) is 18.4 Å². The molecule has 0 atom stereocenters. The second-order valence-corrected chi connectivity index (χ2v) is 6.53. The zero-order valence-corrected chi connectivity index (χ0v) is 14.2. The highest BCUT2D eigenvalue weighted by Crippen LogP contribution is 2.31. The molecule has 2 rings (SSSR count). The van der Waals surface area contributed by atoms with Gasteiger partial charge in [0.05, 0.1) is 25.3 Å². The van der Waals surface area contributed by atoms with Crippen LogP contribution in [0.3, 0.4) is 0 Å². The first-order valence-electron chi connectivity index (χ1n) is 7.63. The fraction of sp³-hybridized carbons (Fsp3) is 0.500. The number of esters is 1. The van der Waals surface area contributed by atoms with Crippen LogP contribution >= 0.6 is 11.8 Å². The Morgan fingerprint density at radius 3 is 2.62 bits per heavy atom. The van der Waals surface area contributed by atoms with E-state index in [1.165, 1.54) is 7.11 Å². The number of piperidine rings is 1. The Morgan fingerprint density at radius 2 is 2.00 bits per heavy atom. The van der Waals surface area contributed by atoms with Gasteiger partial charge in [-0.05, 0) is 38.1 Å². The molecule has 1 aromatic carbocycles. The molecule has 0 radical (unpaired) electrons. The van der Waals surface area contributed by atoms with Gasteiger partial charge >= 0.3 is 5.97 Å². The number of para-hydroxylation sites is 1. The van der Waals surface area contributed by atoms with Gasteiger partial charge in [-0.15, -0.1) is 0 Å². The molecule has 0 aliphatic carbocycles. The lowest BCUT2D eigenvalue weighted by atomic mass is 9.97. The van der Waals surface area contributed by atoms with Gasteiger partial charge in [0.15, 0.2) is 0 Å². The van der Waals surface area contributed by atoms with E-state index in [0.717, 1.165) is 0 Å². The standard InChI is InChI=1S/C16H20F2N2O3S/c1-23-15(22)11-6-8-20(9-7-11)10-14(21)19-12-4-2-3-5-13(12)24-16(17)18/h2-5,11,16H,6-10H2,1H3,(H,19,21). The number of nitrogens with zero attached hydrogens (tertiary/aromatic N) is 1. The summed E-state index contributed by atoms with van der Waals surface area (Å²) in [6.45, 7) is 1.42. The minimum atomic E-state index is -2.54. The summed E-state index contributed by atoms with van der Waals surface area (Å²) in [5.41, 5.74) is 0.386. The molecule has 5 nitrogen and oxygen atoms in total. The highest BCUT2D eigenvalue weighted by Gasteiger charge is 2.26. The lowest BCUT2D eigenvalue weighted by molar-refractivity contribution is -0.147. The normalized spacial score (nSPS) is 16.2. The smallest absolute Gasteiger partial charge is 0.308 e. The van der Waals surface area contributed by atoms with E-state index in [-0.39, 0.29) is 24.3 Å². The van der Waals surface area contributed by atoms with Gasteiger partial charge in [0.2, 0.25) is 5.91 Å². The number of hydrogen-bond donors (Lipinski definition) is 1. The third-order valence-corrected chi connectivity index (χ3v) is 4.65. The molecule has 1 aromatic rings. The van der Waals surface area contributed by atoms with Crippen molar-refractivity contribution in [3.8, 4) is 0 Å². The molecule has 0 bridgehead atoms. The average molecular weight is 358 g/mol. The molecule has 0 aromatic heterocycles. The van der Waals surface area contributed by atoms with Crippen molar-refractivity contribution >= 4 is 29.3 Å². The summed E-state index contributed by atoms with van der Waals surface area (Å²) >= 11 is 0.406. The van der Waals surface area contributed by atoms with E-state index >= 15 is 0 Å². The number of alkyl halides is 2. The molecule has 0 unspecified atom stereocenters. The highest BCUT2D eigenvalue weighted by atomic mass is 32.2. The van der Waals surface area contributed by atoms with Crippen LogP contribution in [0.2, 0.25) is 0 Å². The molecular formula is C16H20F2N2O3S. The first-order chi connectivity index (χ1) is 11.5. The average Bonchev–Trinajstić information content (AvgIpc) is 2.56. The molecule has 1 amide bonds. The summed E-state index contributed by atoms with van der Waals surface area (Å²) in [6, 6.07) is 6.49. The topological polar surface area (TPSA) is 58.6 Å². The lowest BCUT2D eigenvalue weighted by Crippen LogP contribution is -2.41. The Bertz CT molecular complexity index is 578. The van der Waals surface area contributed by atoms with Crippen molar-refractivity contribution in [2.45, 2.75) is 23.5 Å². The Hall–Kier alpha value is -1.67. The van der Waals surface area contributed by atoms with E-state index in [4.69, 9.17) is 4.74 Å². The summed E-state index contributed by atoms with van der Waals surface area (Å²) in [4.78, 5) is 25.9. The van der Waals surface area contributed by atoms with Gasteiger partial charge in [-0.25, -0.2) is 0 Å². The lowest BCUT2D eigenvalue weighted by Gasteiger charge is -2.30. The molecule has 1 N–H and O–H groups in total. The van der Waals surface area contributed by atoms with Crippen LogP contribution in [0.25, 0.3) is 0 Å². The zero-order valence-electron chi connectivity index (χ0n) is 13.3. The van der Waals surface area contributed by atoms with Crippen LogP contribution in [0.15, 0.2) is 29.2 Å². The van der Waals surface area contributed by atoms with Gasteiger partial charge in [0.25, 0.3) is 5.76 Å². The maximum atomic E-state index is 12.5. The van der Waals surface area contributed by atoms with Gasteiger partial charge < -0.3 is 10.1 Å². The molecule has 0 saturated carbocycles. The largest absolute Gasteiger partial charge is 0.469 e. The first kappa shape index (κ1) is 18.7. The second-order valence-electron chi connectivity index (χ2n) is 5.50. The molecule has 24 heavy (non-hydrogen) atoms. The van der Waals surface area contributed by atoms with Crippen LogP contribution in [0, 0.1) is 5.92 Å². The molecule has 0 spiro atoms. The minimum Gasteiger partial charge on any atom is -0.469 e. The first-order valence-corrected chi connectivity index (χ1v) is 8.51. The number of nitrogens with one attached hydrogen (secondary N) is 1. The van der Waals surface area contributed by atoms with Crippen molar-refractivity contribution in [2.24, 2.45) is 5.92 Å². The van der Waals surface area contributed by atoms with Gasteiger partial charge in [-0.1, -0.05) is 23.9 Å². The van der Waals surface area contributed by atoms with E-state index in [0.29, 0.717) is 48.3 Å². The van der Waals surface area contributed by atoms with Gasteiger partial charge in [-0.2, -0.15) is 8.78 Å². The number of carbonyl (C=O) groups excluding carboxylic acids is 2. The number of halogens is 2. The summed E-state index contributed by atoms with van der Waals surface area (Å²) < 4.78 is 29.8. The van der Waals surface area contributed by atoms with Crippen LogP contribution in [0.5, 0.6) is 0 Å². The van der Waals surface area contributed by atoms with Crippen molar-refractivity contribution in [1.29, 1.82) is 0 Å². The predicted molar refractivity (Wildman–Crippen MR) is 88.1 cm³/mol. The minimum absolute atomic E-state index is 0.113. The SMILES string of the molecule is COC(=O)C1CCN(CC(=O)Nc2ccccc2SC(F)F)CC1. The van der Waals surface area contributed by atoms with Gasteiger partial charge in [0.1, 0.15) is 0 Å². The van der Waals surface area contributed by atoms with Gasteiger partial charge in [-0.3, -0.25) is 14.5 Å². The maximum absolute atomic E-state index is 12.5. The van der Waals surface area contributed by atoms with Crippen LogP contribution in [0.4, 0.5) is 14.5 Å². The third kappa shape index (κ3) is 5.45. The van der Waals surface area contributed by atoms with Crippen molar-refractivity contribution in [1.82, 2.24) is 4.90 Å². The number of anilines is 1. The number of ether oxygens (including phenoxy) is 1. The van der Waals surface area contributed by atoms with E-state index in [2.05, 4.69) is 5.32 Å². The van der Waals surface area contributed by atoms with Gasteiger partial charge in [0, 0.05) is 4.90 Å². The Labute approximate surface area is 143 Å². The molecule has 1 saturated heterocycles. The quantitative estimate of drug-likeness (QED) is 0.626. The molecule has 1 aliphatic rings. The van der Waals surface area contributed by atoms with Crippen LogP contribution in [0.1, 0.15) is 12.8 Å². The monoisotopic (exact) mass is 358 g/mol. The number of methoxy groups -OCH3 is 1. The molecule has 132 valence electrons. The Kier molecular flexibility index (Phi) is 6.99. The Balaban J connectivity index is 1.85. The summed E-state index contributed by atoms with van der Waals surface area (Å²) in [7, 11) is 1.37.